The molecule has 0 aliphatic rings. The molecule has 2 aromatic carbocycles. The first kappa shape index (κ1) is 14.1. The van der Waals surface area contributed by atoms with E-state index < -0.39 is 0 Å². The lowest BCUT2D eigenvalue weighted by atomic mass is 10.2. The second kappa shape index (κ2) is 6.28. The van der Waals surface area contributed by atoms with E-state index in [1.165, 1.54) is 0 Å². The molecule has 0 atom stereocenters. The Kier molecular flexibility index (Phi) is 4.22. The van der Waals surface area contributed by atoms with Crippen molar-refractivity contribution in [3.8, 4) is 5.69 Å². The number of para-hydroxylation sites is 1. The largest absolute Gasteiger partial charge is 0.214 e. The highest BCUT2D eigenvalue weighted by Gasteiger charge is 2.10. The van der Waals surface area contributed by atoms with Gasteiger partial charge in [0.05, 0.1) is 5.69 Å². The van der Waals surface area contributed by atoms with Crippen LogP contribution in [0.15, 0.2) is 53.7 Å². The van der Waals surface area contributed by atoms with Crippen LogP contribution in [0.2, 0.25) is 5.02 Å². The molecule has 0 N–H and O–H groups in total. The summed E-state index contributed by atoms with van der Waals surface area (Å²) in [4.78, 5) is 0. The minimum absolute atomic E-state index is 0.742. The standard InChI is InChI=1S/C15H13ClN4S/c1-11-5-2-3-8-14(11)20-15(17-18-19-20)21-10-12-6-4-7-13(16)9-12/h2-9H,10H2,1H3. The van der Waals surface area contributed by atoms with Gasteiger partial charge in [-0.25, -0.2) is 0 Å². The Balaban J connectivity index is 1.82. The van der Waals surface area contributed by atoms with Gasteiger partial charge < -0.3 is 0 Å². The van der Waals surface area contributed by atoms with Gasteiger partial charge in [0, 0.05) is 10.8 Å². The van der Waals surface area contributed by atoms with Gasteiger partial charge in [-0.2, -0.15) is 4.68 Å². The molecule has 0 fully saturated rings. The van der Waals surface area contributed by atoms with E-state index in [0.29, 0.717) is 0 Å². The third kappa shape index (κ3) is 3.25. The summed E-state index contributed by atoms with van der Waals surface area (Å²) in [6.45, 7) is 2.04. The number of aryl methyl sites for hydroxylation is 1. The molecule has 3 aromatic rings. The number of nitrogens with zero attached hydrogens (tertiary/aromatic N) is 4. The van der Waals surface area contributed by atoms with Gasteiger partial charge in [-0.05, 0) is 46.7 Å². The summed E-state index contributed by atoms with van der Waals surface area (Å²) in [6.07, 6.45) is 0. The molecular weight excluding hydrogens is 304 g/mol. The summed E-state index contributed by atoms with van der Waals surface area (Å²) in [5, 5.41) is 13.5. The highest BCUT2D eigenvalue weighted by Crippen LogP contribution is 2.24. The molecule has 0 bridgehead atoms. The van der Waals surface area contributed by atoms with Crippen molar-refractivity contribution in [3.05, 3.63) is 64.7 Å². The molecular formula is C15H13ClN4S. The molecule has 6 heteroatoms. The Morgan fingerprint density at radius 2 is 2.00 bits per heavy atom. The van der Waals surface area contributed by atoms with Crippen LogP contribution in [0.5, 0.6) is 0 Å². The summed E-state index contributed by atoms with van der Waals surface area (Å²) >= 11 is 7.59. The van der Waals surface area contributed by atoms with Crippen LogP contribution < -0.4 is 0 Å². The number of rotatable bonds is 4. The molecule has 0 spiro atoms. The smallest absolute Gasteiger partial charge is 0.187 e. The van der Waals surface area contributed by atoms with Gasteiger partial charge in [0.2, 0.25) is 5.16 Å². The van der Waals surface area contributed by atoms with E-state index in [0.717, 1.165) is 32.7 Å². The zero-order valence-electron chi connectivity index (χ0n) is 11.4. The zero-order chi connectivity index (χ0) is 14.7. The SMILES string of the molecule is Cc1ccccc1-n1nnnc1SCc1cccc(Cl)c1. The third-order valence-electron chi connectivity index (χ3n) is 3.04. The van der Waals surface area contributed by atoms with Crippen LogP contribution in [0, 0.1) is 6.92 Å². The fourth-order valence-corrected chi connectivity index (χ4v) is 3.04. The number of thioether (sulfide) groups is 1. The van der Waals surface area contributed by atoms with Crippen molar-refractivity contribution in [2.75, 3.05) is 0 Å². The monoisotopic (exact) mass is 316 g/mol. The summed E-state index contributed by atoms with van der Waals surface area (Å²) in [5.74, 6) is 0.771. The Morgan fingerprint density at radius 3 is 2.81 bits per heavy atom. The van der Waals surface area contributed by atoms with Crippen LogP contribution in [0.1, 0.15) is 11.1 Å². The van der Waals surface area contributed by atoms with Crippen molar-refractivity contribution in [1.82, 2.24) is 20.2 Å². The molecule has 21 heavy (non-hydrogen) atoms. The van der Waals surface area contributed by atoms with Gasteiger partial charge in [0.25, 0.3) is 0 Å². The fraction of sp³-hybridized carbons (Fsp3) is 0.133. The predicted molar refractivity (Wildman–Crippen MR) is 84.9 cm³/mol. The number of aromatic nitrogens is 4. The van der Waals surface area contributed by atoms with Crippen molar-refractivity contribution >= 4 is 23.4 Å². The lowest BCUT2D eigenvalue weighted by Gasteiger charge is -2.07. The van der Waals surface area contributed by atoms with Crippen molar-refractivity contribution in [1.29, 1.82) is 0 Å². The summed E-state index contributed by atoms with van der Waals surface area (Å²) in [5.41, 5.74) is 3.28. The highest BCUT2D eigenvalue weighted by atomic mass is 35.5. The molecule has 106 valence electrons. The topological polar surface area (TPSA) is 43.6 Å². The van der Waals surface area contributed by atoms with Crippen LogP contribution in [0.4, 0.5) is 0 Å². The average Bonchev–Trinajstić information content (AvgIpc) is 2.94. The lowest BCUT2D eigenvalue weighted by molar-refractivity contribution is 0.752. The molecule has 1 aromatic heterocycles. The maximum absolute atomic E-state index is 6.00. The molecule has 0 saturated carbocycles. The predicted octanol–water partition coefficient (Wildman–Crippen LogP) is 3.92. The molecule has 1 heterocycles. The first-order valence-electron chi connectivity index (χ1n) is 6.45. The Hall–Kier alpha value is -1.85. The van der Waals surface area contributed by atoms with Crippen molar-refractivity contribution in [2.24, 2.45) is 0 Å². The second-order valence-electron chi connectivity index (χ2n) is 4.58. The van der Waals surface area contributed by atoms with Gasteiger partial charge in [0.15, 0.2) is 0 Å². The first-order chi connectivity index (χ1) is 10.2. The zero-order valence-corrected chi connectivity index (χ0v) is 13.0. The normalized spacial score (nSPS) is 10.8. The molecule has 0 saturated heterocycles. The molecule has 0 aliphatic carbocycles. The Bertz CT molecular complexity index is 757. The van der Waals surface area contributed by atoms with Crippen molar-refractivity contribution in [3.63, 3.8) is 0 Å². The van der Waals surface area contributed by atoms with E-state index in [1.807, 2.05) is 55.5 Å². The number of halogens is 1. The van der Waals surface area contributed by atoms with Gasteiger partial charge in [-0.15, -0.1) is 5.10 Å². The van der Waals surface area contributed by atoms with Crippen LogP contribution in [0.25, 0.3) is 5.69 Å². The molecule has 4 nitrogen and oxygen atoms in total. The number of benzene rings is 2. The Labute approximate surface area is 132 Å². The minimum atomic E-state index is 0.742. The maximum atomic E-state index is 6.00. The van der Waals surface area contributed by atoms with E-state index in [9.17, 15) is 0 Å². The van der Waals surface area contributed by atoms with E-state index in [4.69, 9.17) is 11.6 Å². The quantitative estimate of drug-likeness (QED) is 0.684. The molecule has 0 aliphatic heterocycles. The maximum Gasteiger partial charge on any atom is 0.214 e. The van der Waals surface area contributed by atoms with Crippen LogP contribution in [0.3, 0.4) is 0 Å². The number of hydrogen-bond acceptors (Lipinski definition) is 4. The molecule has 0 amide bonds. The molecule has 0 radical (unpaired) electrons. The molecule has 3 rings (SSSR count). The van der Waals surface area contributed by atoms with Crippen LogP contribution in [-0.2, 0) is 5.75 Å². The average molecular weight is 317 g/mol. The fourth-order valence-electron chi connectivity index (χ4n) is 2.00. The van der Waals surface area contributed by atoms with E-state index >= 15 is 0 Å². The second-order valence-corrected chi connectivity index (χ2v) is 5.96. The van der Waals surface area contributed by atoms with E-state index in [-0.39, 0.29) is 0 Å². The summed E-state index contributed by atoms with van der Waals surface area (Å²) < 4.78 is 1.77. The third-order valence-corrected chi connectivity index (χ3v) is 4.27. The van der Waals surface area contributed by atoms with Crippen molar-refractivity contribution < 1.29 is 0 Å². The summed E-state index contributed by atoms with van der Waals surface area (Å²) in [6, 6.07) is 15.8. The van der Waals surface area contributed by atoms with Gasteiger partial charge in [0.1, 0.15) is 0 Å². The highest BCUT2D eigenvalue weighted by molar-refractivity contribution is 7.98. The number of tetrazole rings is 1. The van der Waals surface area contributed by atoms with Gasteiger partial charge >= 0.3 is 0 Å². The first-order valence-corrected chi connectivity index (χ1v) is 7.82. The van der Waals surface area contributed by atoms with Crippen molar-refractivity contribution in [2.45, 2.75) is 17.8 Å². The van der Waals surface area contributed by atoms with E-state index in [2.05, 4.69) is 15.5 Å². The Morgan fingerprint density at radius 1 is 1.14 bits per heavy atom. The lowest BCUT2D eigenvalue weighted by Crippen LogP contribution is -2.01. The summed E-state index contributed by atoms with van der Waals surface area (Å²) in [7, 11) is 0. The molecule has 0 unspecified atom stereocenters. The van der Waals surface area contributed by atoms with Gasteiger partial charge in [-0.3, -0.25) is 0 Å². The number of hydrogen-bond donors (Lipinski definition) is 0. The van der Waals surface area contributed by atoms with Crippen LogP contribution in [-0.4, -0.2) is 20.2 Å². The minimum Gasteiger partial charge on any atom is -0.187 e. The van der Waals surface area contributed by atoms with E-state index in [1.54, 1.807) is 16.4 Å². The van der Waals surface area contributed by atoms with Crippen LogP contribution >= 0.6 is 23.4 Å². The van der Waals surface area contributed by atoms with Gasteiger partial charge in [-0.1, -0.05) is 53.7 Å².